The van der Waals surface area contributed by atoms with E-state index in [4.69, 9.17) is 16.3 Å². The Hall–Kier alpha value is -2.09. The number of amides is 1. The number of rotatable bonds is 10. The van der Waals surface area contributed by atoms with Crippen LogP contribution in [0.15, 0.2) is 54.6 Å². The molecule has 0 aromatic heterocycles. The first-order valence-corrected chi connectivity index (χ1v) is 12.6. The predicted octanol–water partition coefficient (Wildman–Crippen LogP) is 3.51. The van der Waals surface area contributed by atoms with Crippen LogP contribution in [0.1, 0.15) is 24.8 Å². The molecular weight excluding hydrogens is 436 g/mol. The van der Waals surface area contributed by atoms with Crippen LogP contribution in [0.3, 0.4) is 0 Å². The molecule has 1 aliphatic heterocycles. The number of aryl methyl sites for hydroxylation is 1. The maximum absolute atomic E-state index is 12.6. The maximum atomic E-state index is 12.6. The van der Waals surface area contributed by atoms with Crippen LogP contribution in [0.5, 0.6) is 5.75 Å². The lowest BCUT2D eigenvalue weighted by molar-refractivity contribution is -0.126. The molecule has 2 aromatic rings. The first kappa shape index (κ1) is 23.6. The minimum absolute atomic E-state index is 0.0520. The van der Waals surface area contributed by atoms with Gasteiger partial charge in [0.15, 0.2) is 0 Å². The van der Waals surface area contributed by atoms with Gasteiger partial charge in [-0.1, -0.05) is 54.1 Å². The van der Waals surface area contributed by atoms with E-state index < -0.39 is 10.0 Å². The lowest BCUT2D eigenvalue weighted by Gasteiger charge is -2.30. The Morgan fingerprint density at radius 2 is 1.74 bits per heavy atom. The smallest absolute Gasteiger partial charge is 0.223 e. The number of halogens is 1. The van der Waals surface area contributed by atoms with E-state index in [0.717, 1.165) is 12.0 Å². The molecule has 1 heterocycles. The number of carbonyl (C=O) groups excluding carboxylic acids is 1. The molecule has 6 nitrogen and oxygen atoms in total. The fourth-order valence-electron chi connectivity index (χ4n) is 3.67. The van der Waals surface area contributed by atoms with Gasteiger partial charge in [-0.15, -0.1) is 0 Å². The lowest BCUT2D eigenvalue weighted by atomic mass is 9.97. The van der Waals surface area contributed by atoms with Gasteiger partial charge in [0.2, 0.25) is 15.9 Å². The molecule has 0 bridgehead atoms. The van der Waals surface area contributed by atoms with Crippen molar-refractivity contribution in [2.75, 3.05) is 32.0 Å². The third-order valence-electron chi connectivity index (χ3n) is 5.42. The molecule has 0 radical (unpaired) electrons. The highest BCUT2D eigenvalue weighted by molar-refractivity contribution is 7.89. The molecule has 1 saturated heterocycles. The normalized spacial score (nSPS) is 15.5. The quantitative estimate of drug-likeness (QED) is 0.546. The largest absolute Gasteiger partial charge is 0.490 e. The highest BCUT2D eigenvalue weighted by Crippen LogP contribution is 2.23. The molecule has 3 rings (SSSR count). The zero-order valence-electron chi connectivity index (χ0n) is 17.5. The molecule has 0 spiro atoms. The molecule has 168 valence electrons. The number of carbonyl (C=O) groups is 1. The summed E-state index contributed by atoms with van der Waals surface area (Å²) >= 11 is 6.03. The second kappa shape index (κ2) is 11.5. The van der Waals surface area contributed by atoms with Gasteiger partial charge >= 0.3 is 0 Å². The van der Waals surface area contributed by atoms with E-state index in [-0.39, 0.29) is 17.6 Å². The van der Waals surface area contributed by atoms with Crippen molar-refractivity contribution in [1.29, 1.82) is 0 Å². The van der Waals surface area contributed by atoms with Gasteiger partial charge in [0.25, 0.3) is 0 Å². The fraction of sp³-hybridized carbons (Fsp3) is 0.435. The van der Waals surface area contributed by atoms with Gasteiger partial charge in [0.1, 0.15) is 12.4 Å². The fourth-order valence-corrected chi connectivity index (χ4v) is 5.39. The Kier molecular flexibility index (Phi) is 8.75. The Bertz CT molecular complexity index is 945. The number of para-hydroxylation sites is 1. The van der Waals surface area contributed by atoms with Crippen molar-refractivity contribution < 1.29 is 17.9 Å². The lowest BCUT2D eigenvalue weighted by Crippen LogP contribution is -2.44. The van der Waals surface area contributed by atoms with Crippen LogP contribution in [0.4, 0.5) is 0 Å². The minimum Gasteiger partial charge on any atom is -0.490 e. The van der Waals surface area contributed by atoms with Crippen LogP contribution in [0.2, 0.25) is 5.02 Å². The van der Waals surface area contributed by atoms with E-state index in [0.29, 0.717) is 56.3 Å². The standard InChI is InChI=1S/C23H29ClN2O4S/c24-21-10-4-5-11-22(21)30-17-14-25-23(27)20-12-15-26(16-13-20)31(28,29)18-6-9-19-7-2-1-3-8-19/h1-5,7-8,10-11,20H,6,9,12-18H2,(H,25,27). The van der Waals surface area contributed by atoms with E-state index in [1.807, 2.05) is 42.5 Å². The van der Waals surface area contributed by atoms with Gasteiger partial charge in [-0.05, 0) is 43.4 Å². The van der Waals surface area contributed by atoms with Crippen molar-refractivity contribution in [3.8, 4) is 5.75 Å². The number of nitrogens with one attached hydrogen (secondary N) is 1. The van der Waals surface area contributed by atoms with E-state index in [9.17, 15) is 13.2 Å². The topological polar surface area (TPSA) is 75.7 Å². The second-order valence-electron chi connectivity index (χ2n) is 7.65. The molecule has 1 fully saturated rings. The molecule has 0 saturated carbocycles. The van der Waals surface area contributed by atoms with Crippen molar-refractivity contribution >= 4 is 27.5 Å². The summed E-state index contributed by atoms with van der Waals surface area (Å²) in [6.45, 7) is 1.48. The number of hydrogen-bond donors (Lipinski definition) is 1. The number of hydrogen-bond acceptors (Lipinski definition) is 4. The molecular formula is C23H29ClN2O4S. The van der Waals surface area contributed by atoms with E-state index in [2.05, 4.69) is 5.32 Å². The van der Waals surface area contributed by atoms with Gasteiger partial charge in [0, 0.05) is 19.0 Å². The average Bonchev–Trinajstić information content (AvgIpc) is 2.78. The SMILES string of the molecule is O=C(NCCOc1ccccc1Cl)C1CCN(S(=O)(=O)CCCc2ccccc2)CC1. The summed E-state index contributed by atoms with van der Waals surface area (Å²) in [5.74, 6) is 0.502. The summed E-state index contributed by atoms with van der Waals surface area (Å²) in [5, 5.41) is 3.41. The van der Waals surface area contributed by atoms with Gasteiger partial charge in [-0.2, -0.15) is 0 Å². The molecule has 0 atom stereocenters. The molecule has 0 aliphatic carbocycles. The van der Waals surface area contributed by atoms with Crippen molar-refractivity contribution in [3.05, 3.63) is 65.2 Å². The summed E-state index contributed by atoms with van der Waals surface area (Å²) < 4.78 is 32.3. The Labute approximate surface area is 189 Å². The van der Waals surface area contributed by atoms with E-state index in [1.54, 1.807) is 12.1 Å². The predicted molar refractivity (Wildman–Crippen MR) is 123 cm³/mol. The zero-order chi connectivity index (χ0) is 22.1. The summed E-state index contributed by atoms with van der Waals surface area (Å²) in [4.78, 5) is 12.4. The zero-order valence-corrected chi connectivity index (χ0v) is 19.1. The van der Waals surface area contributed by atoms with Crippen LogP contribution in [-0.2, 0) is 21.2 Å². The highest BCUT2D eigenvalue weighted by atomic mass is 35.5. The van der Waals surface area contributed by atoms with Crippen LogP contribution >= 0.6 is 11.6 Å². The van der Waals surface area contributed by atoms with Crippen molar-refractivity contribution in [3.63, 3.8) is 0 Å². The second-order valence-corrected chi connectivity index (χ2v) is 10.1. The Morgan fingerprint density at radius 3 is 2.45 bits per heavy atom. The minimum atomic E-state index is -3.29. The third-order valence-corrected chi connectivity index (χ3v) is 7.69. The molecule has 8 heteroatoms. The van der Waals surface area contributed by atoms with Crippen LogP contribution in [-0.4, -0.2) is 50.6 Å². The van der Waals surface area contributed by atoms with Gasteiger partial charge in [0.05, 0.1) is 17.3 Å². The molecule has 2 aromatic carbocycles. The highest BCUT2D eigenvalue weighted by Gasteiger charge is 2.30. The summed E-state index contributed by atoms with van der Waals surface area (Å²) in [5.41, 5.74) is 1.14. The Morgan fingerprint density at radius 1 is 1.06 bits per heavy atom. The van der Waals surface area contributed by atoms with Crippen molar-refractivity contribution in [1.82, 2.24) is 9.62 Å². The Balaban J connectivity index is 1.35. The molecule has 1 aliphatic rings. The van der Waals surface area contributed by atoms with Gasteiger partial charge in [-0.25, -0.2) is 12.7 Å². The van der Waals surface area contributed by atoms with Crippen molar-refractivity contribution in [2.24, 2.45) is 5.92 Å². The summed E-state index contributed by atoms with van der Waals surface area (Å²) in [6.07, 6.45) is 2.41. The maximum Gasteiger partial charge on any atom is 0.223 e. The molecule has 1 amide bonds. The van der Waals surface area contributed by atoms with E-state index in [1.165, 1.54) is 4.31 Å². The average molecular weight is 465 g/mol. The molecule has 0 unspecified atom stereocenters. The first-order valence-electron chi connectivity index (χ1n) is 10.6. The number of ether oxygens (including phenoxy) is 1. The number of piperidine rings is 1. The van der Waals surface area contributed by atoms with Gasteiger partial charge < -0.3 is 10.1 Å². The number of benzene rings is 2. The molecule has 31 heavy (non-hydrogen) atoms. The summed E-state index contributed by atoms with van der Waals surface area (Å²) in [6, 6.07) is 17.1. The molecule has 1 N–H and O–H groups in total. The summed E-state index contributed by atoms with van der Waals surface area (Å²) in [7, 11) is -3.29. The third kappa shape index (κ3) is 7.23. The first-order chi connectivity index (χ1) is 15.0. The van der Waals surface area contributed by atoms with Crippen LogP contribution < -0.4 is 10.1 Å². The number of sulfonamides is 1. The van der Waals surface area contributed by atoms with Crippen LogP contribution in [0.25, 0.3) is 0 Å². The van der Waals surface area contributed by atoms with Crippen molar-refractivity contribution in [2.45, 2.75) is 25.7 Å². The van der Waals surface area contributed by atoms with Crippen LogP contribution in [0, 0.1) is 5.92 Å². The van der Waals surface area contributed by atoms with E-state index >= 15 is 0 Å². The monoisotopic (exact) mass is 464 g/mol. The van der Waals surface area contributed by atoms with Gasteiger partial charge in [-0.3, -0.25) is 4.79 Å². The number of nitrogens with zero attached hydrogens (tertiary/aromatic N) is 1.